The smallest absolute Gasteiger partial charge is 0.191 e. The summed E-state index contributed by atoms with van der Waals surface area (Å²) in [5.74, 6) is 2.25. The number of benzene rings is 1. The highest BCUT2D eigenvalue weighted by Gasteiger charge is 2.11. The molecule has 8 heteroatoms. The van der Waals surface area contributed by atoms with Crippen LogP contribution in [0.15, 0.2) is 58.1 Å². The highest BCUT2D eigenvalue weighted by atomic mass is 127. The first kappa shape index (κ1) is 22.9. The zero-order valence-corrected chi connectivity index (χ0v) is 19.2. The molecule has 2 N–H and O–H groups in total. The van der Waals surface area contributed by atoms with E-state index in [1.165, 1.54) is 12.1 Å². The minimum atomic E-state index is -0.257. The van der Waals surface area contributed by atoms with Crippen molar-refractivity contribution in [2.45, 2.75) is 33.2 Å². The zero-order chi connectivity index (χ0) is 19.9. The van der Waals surface area contributed by atoms with E-state index in [2.05, 4.69) is 20.7 Å². The first-order chi connectivity index (χ1) is 13.5. The van der Waals surface area contributed by atoms with E-state index in [9.17, 15) is 4.39 Å². The van der Waals surface area contributed by atoms with E-state index >= 15 is 0 Å². The quantitative estimate of drug-likeness (QED) is 0.281. The van der Waals surface area contributed by atoms with E-state index in [4.69, 9.17) is 4.42 Å². The molecule has 29 heavy (non-hydrogen) atoms. The van der Waals surface area contributed by atoms with Crippen LogP contribution in [0.2, 0.25) is 0 Å². The van der Waals surface area contributed by atoms with Crippen LogP contribution in [0.3, 0.4) is 0 Å². The van der Waals surface area contributed by atoms with Gasteiger partial charge in [-0.15, -0.1) is 24.0 Å². The molecule has 0 saturated heterocycles. The molecule has 156 valence electrons. The van der Waals surface area contributed by atoms with E-state index in [1.54, 1.807) is 16.8 Å². The van der Waals surface area contributed by atoms with Gasteiger partial charge >= 0.3 is 0 Å². The Morgan fingerprint density at radius 2 is 1.97 bits per heavy atom. The van der Waals surface area contributed by atoms with Gasteiger partial charge < -0.3 is 15.1 Å². The fraction of sp³-hybridized carbons (Fsp3) is 0.333. The lowest BCUT2D eigenvalue weighted by molar-refractivity contribution is 0.441. The Labute approximate surface area is 187 Å². The molecule has 0 aliphatic rings. The van der Waals surface area contributed by atoms with Gasteiger partial charge in [0.1, 0.15) is 17.3 Å². The van der Waals surface area contributed by atoms with Gasteiger partial charge in [-0.1, -0.05) is 0 Å². The highest BCUT2D eigenvalue weighted by molar-refractivity contribution is 14.0. The summed E-state index contributed by atoms with van der Waals surface area (Å²) in [4.78, 5) is 4.63. The molecule has 0 spiro atoms. The summed E-state index contributed by atoms with van der Waals surface area (Å²) in [6, 6.07) is 12.2. The third-order valence-corrected chi connectivity index (χ3v) is 4.26. The highest BCUT2D eigenvalue weighted by Crippen LogP contribution is 2.15. The summed E-state index contributed by atoms with van der Waals surface area (Å²) in [6.45, 7) is 7.37. The Balaban J connectivity index is 0.00000300. The van der Waals surface area contributed by atoms with Gasteiger partial charge in [0.15, 0.2) is 5.96 Å². The third-order valence-electron chi connectivity index (χ3n) is 4.26. The minimum Gasteiger partial charge on any atom is -0.464 e. The zero-order valence-electron chi connectivity index (χ0n) is 16.9. The number of furan rings is 1. The van der Waals surface area contributed by atoms with Gasteiger partial charge in [0.25, 0.3) is 0 Å². The topological polar surface area (TPSA) is 67.4 Å². The largest absolute Gasteiger partial charge is 0.464 e. The van der Waals surface area contributed by atoms with Gasteiger partial charge in [-0.2, -0.15) is 5.10 Å². The molecule has 2 heterocycles. The Hall–Kier alpha value is -2.36. The number of hydrogen-bond acceptors (Lipinski definition) is 3. The average Bonchev–Trinajstić information content (AvgIpc) is 3.32. The molecule has 0 radical (unpaired) electrons. The molecule has 1 unspecified atom stereocenters. The molecule has 0 saturated carbocycles. The molecule has 0 aliphatic heterocycles. The van der Waals surface area contributed by atoms with Crippen molar-refractivity contribution in [2.75, 3.05) is 13.1 Å². The molecule has 0 fully saturated rings. The second kappa shape index (κ2) is 11.0. The van der Waals surface area contributed by atoms with Gasteiger partial charge in [0, 0.05) is 25.7 Å². The number of halogens is 2. The van der Waals surface area contributed by atoms with Gasteiger partial charge in [0.05, 0.1) is 17.4 Å². The summed E-state index contributed by atoms with van der Waals surface area (Å²) in [7, 11) is 0. The standard InChI is InChI=1S/C21H26FN5O.HI/c1-4-23-21(25-16(3)20-10-5-15(2)28-20)24-13-11-18-12-14-27(26-18)19-8-6-17(22)7-9-19;/h5-10,12,14,16H,4,11,13H2,1-3H3,(H2,23,24,25);1H. The Morgan fingerprint density at radius 3 is 2.62 bits per heavy atom. The van der Waals surface area contributed by atoms with Crippen molar-refractivity contribution in [3.63, 3.8) is 0 Å². The fourth-order valence-corrected chi connectivity index (χ4v) is 2.80. The van der Waals surface area contributed by atoms with Crippen LogP contribution < -0.4 is 10.6 Å². The molecule has 0 amide bonds. The van der Waals surface area contributed by atoms with E-state index in [-0.39, 0.29) is 35.8 Å². The number of rotatable bonds is 7. The van der Waals surface area contributed by atoms with Crippen LogP contribution in [0, 0.1) is 12.7 Å². The average molecular weight is 511 g/mol. The van der Waals surface area contributed by atoms with Crippen LogP contribution in [0.1, 0.15) is 37.1 Å². The van der Waals surface area contributed by atoms with E-state index < -0.39 is 0 Å². The van der Waals surface area contributed by atoms with Crippen LogP contribution >= 0.6 is 24.0 Å². The number of guanidine groups is 1. The third kappa shape index (κ3) is 6.59. The summed E-state index contributed by atoms with van der Waals surface area (Å²) in [5.41, 5.74) is 1.76. The Morgan fingerprint density at radius 1 is 1.21 bits per heavy atom. The molecular formula is C21H27FIN5O. The van der Waals surface area contributed by atoms with Crippen molar-refractivity contribution in [3.8, 4) is 5.69 Å². The number of hydrogen-bond donors (Lipinski definition) is 2. The lowest BCUT2D eigenvalue weighted by Gasteiger charge is -2.16. The van der Waals surface area contributed by atoms with Crippen molar-refractivity contribution in [1.82, 2.24) is 20.4 Å². The lowest BCUT2D eigenvalue weighted by atomic mass is 10.2. The van der Waals surface area contributed by atoms with Crippen molar-refractivity contribution in [1.29, 1.82) is 0 Å². The molecule has 0 bridgehead atoms. The molecule has 0 aliphatic carbocycles. The first-order valence-corrected chi connectivity index (χ1v) is 9.47. The maximum Gasteiger partial charge on any atom is 0.191 e. The Bertz CT molecular complexity index is 919. The van der Waals surface area contributed by atoms with Crippen molar-refractivity contribution in [2.24, 2.45) is 4.99 Å². The monoisotopic (exact) mass is 511 g/mol. The molecule has 3 rings (SSSR count). The second-order valence-corrected chi connectivity index (χ2v) is 6.55. The van der Waals surface area contributed by atoms with Gasteiger partial charge in [-0.25, -0.2) is 9.07 Å². The number of aliphatic imine (C=N–C) groups is 1. The molecule has 6 nitrogen and oxygen atoms in total. The van der Waals surface area contributed by atoms with Crippen molar-refractivity contribution >= 4 is 29.9 Å². The van der Waals surface area contributed by atoms with E-state index in [1.807, 2.05) is 45.2 Å². The summed E-state index contributed by atoms with van der Waals surface area (Å²) < 4.78 is 20.5. The molecule has 1 atom stereocenters. The Kier molecular flexibility index (Phi) is 8.69. The van der Waals surface area contributed by atoms with E-state index in [0.29, 0.717) is 13.0 Å². The molecule has 3 aromatic rings. The van der Waals surface area contributed by atoms with Gasteiger partial charge in [-0.3, -0.25) is 4.99 Å². The lowest BCUT2D eigenvalue weighted by Crippen LogP contribution is -2.38. The van der Waals surface area contributed by atoms with Crippen LogP contribution in [0.5, 0.6) is 0 Å². The van der Waals surface area contributed by atoms with Crippen LogP contribution in [0.25, 0.3) is 5.69 Å². The number of nitrogens with zero attached hydrogens (tertiary/aromatic N) is 3. The van der Waals surface area contributed by atoms with Crippen LogP contribution in [0.4, 0.5) is 4.39 Å². The SMILES string of the molecule is CCNC(=NCCc1ccn(-c2ccc(F)cc2)n1)NC(C)c1ccc(C)o1.I. The molecular weight excluding hydrogens is 484 g/mol. The summed E-state index contributed by atoms with van der Waals surface area (Å²) >= 11 is 0. The summed E-state index contributed by atoms with van der Waals surface area (Å²) in [6.07, 6.45) is 2.58. The normalized spacial score (nSPS) is 12.3. The number of aromatic nitrogens is 2. The van der Waals surface area contributed by atoms with Crippen molar-refractivity contribution in [3.05, 3.63) is 71.7 Å². The van der Waals surface area contributed by atoms with Crippen molar-refractivity contribution < 1.29 is 8.81 Å². The van der Waals surface area contributed by atoms with Gasteiger partial charge in [-0.05, 0) is 63.2 Å². The number of aryl methyl sites for hydroxylation is 1. The van der Waals surface area contributed by atoms with Crippen LogP contribution in [-0.4, -0.2) is 28.8 Å². The fourth-order valence-electron chi connectivity index (χ4n) is 2.80. The van der Waals surface area contributed by atoms with E-state index in [0.717, 1.165) is 35.4 Å². The maximum atomic E-state index is 13.1. The second-order valence-electron chi connectivity index (χ2n) is 6.55. The summed E-state index contributed by atoms with van der Waals surface area (Å²) in [5, 5.41) is 11.1. The van der Waals surface area contributed by atoms with Gasteiger partial charge in [0.2, 0.25) is 0 Å². The molecule has 2 aromatic heterocycles. The minimum absolute atomic E-state index is 0. The number of nitrogens with one attached hydrogen (secondary N) is 2. The van der Waals surface area contributed by atoms with Crippen LogP contribution in [-0.2, 0) is 6.42 Å². The maximum absolute atomic E-state index is 13.1. The first-order valence-electron chi connectivity index (χ1n) is 9.47. The predicted octanol–water partition coefficient (Wildman–Crippen LogP) is 4.39. The molecule has 1 aromatic carbocycles. The predicted molar refractivity (Wildman–Crippen MR) is 124 cm³/mol.